The first kappa shape index (κ1) is 9.26. The number of carboxylic acids is 1. The number of ether oxygens (including phenoxy) is 1. The van der Waals surface area contributed by atoms with Crippen molar-refractivity contribution in [2.75, 3.05) is 0 Å². The lowest BCUT2D eigenvalue weighted by Crippen LogP contribution is -2.08. The third kappa shape index (κ3) is 1.67. The standard InChI is InChI=1S/C9H14O3/c1-5-4-8(7(3)12-5)6(2)9(10)11/h5,7H,4H2,1-3H3,(H,10,11)/b8-6+. The van der Waals surface area contributed by atoms with Crippen molar-refractivity contribution >= 4 is 5.97 Å². The molecular weight excluding hydrogens is 156 g/mol. The van der Waals surface area contributed by atoms with Crippen LogP contribution in [0.3, 0.4) is 0 Å². The molecule has 2 unspecified atom stereocenters. The molecule has 0 radical (unpaired) electrons. The van der Waals surface area contributed by atoms with E-state index >= 15 is 0 Å². The molecule has 1 aliphatic rings. The van der Waals surface area contributed by atoms with Crippen molar-refractivity contribution < 1.29 is 14.6 Å². The Morgan fingerprint density at radius 1 is 1.58 bits per heavy atom. The minimum absolute atomic E-state index is 0.0314. The lowest BCUT2D eigenvalue weighted by molar-refractivity contribution is -0.132. The van der Waals surface area contributed by atoms with E-state index < -0.39 is 5.97 Å². The van der Waals surface area contributed by atoms with Crippen LogP contribution in [-0.2, 0) is 9.53 Å². The summed E-state index contributed by atoms with van der Waals surface area (Å²) >= 11 is 0. The predicted molar refractivity (Wildman–Crippen MR) is 45.0 cm³/mol. The first-order chi connectivity index (χ1) is 5.52. The summed E-state index contributed by atoms with van der Waals surface area (Å²) in [4.78, 5) is 10.6. The van der Waals surface area contributed by atoms with Gasteiger partial charge >= 0.3 is 5.97 Å². The Labute approximate surface area is 72.0 Å². The molecular formula is C9H14O3. The first-order valence-electron chi connectivity index (χ1n) is 4.10. The minimum atomic E-state index is -0.838. The third-order valence-corrected chi connectivity index (χ3v) is 2.24. The highest BCUT2D eigenvalue weighted by molar-refractivity contribution is 5.87. The fourth-order valence-corrected chi connectivity index (χ4v) is 1.55. The van der Waals surface area contributed by atoms with Crippen molar-refractivity contribution in [3.63, 3.8) is 0 Å². The molecule has 3 nitrogen and oxygen atoms in total. The zero-order valence-corrected chi connectivity index (χ0v) is 7.63. The van der Waals surface area contributed by atoms with Gasteiger partial charge < -0.3 is 9.84 Å². The van der Waals surface area contributed by atoms with E-state index in [9.17, 15) is 4.79 Å². The summed E-state index contributed by atoms with van der Waals surface area (Å²) in [5, 5.41) is 8.73. The van der Waals surface area contributed by atoms with E-state index in [4.69, 9.17) is 9.84 Å². The molecule has 0 aliphatic carbocycles. The second-order valence-corrected chi connectivity index (χ2v) is 3.25. The summed E-state index contributed by atoms with van der Waals surface area (Å²) in [6.07, 6.45) is 0.875. The van der Waals surface area contributed by atoms with Gasteiger partial charge in [0.05, 0.1) is 12.2 Å². The maximum atomic E-state index is 10.6. The van der Waals surface area contributed by atoms with Gasteiger partial charge in [-0.05, 0) is 32.8 Å². The maximum Gasteiger partial charge on any atom is 0.331 e. The molecule has 1 fully saturated rings. The van der Waals surface area contributed by atoms with Crippen LogP contribution in [0.2, 0.25) is 0 Å². The second-order valence-electron chi connectivity index (χ2n) is 3.25. The Hall–Kier alpha value is -0.830. The van der Waals surface area contributed by atoms with Gasteiger partial charge in [0.15, 0.2) is 0 Å². The molecule has 1 heterocycles. The number of carboxylic acid groups (broad SMARTS) is 1. The van der Waals surface area contributed by atoms with E-state index in [2.05, 4.69) is 0 Å². The number of rotatable bonds is 1. The average molecular weight is 170 g/mol. The summed E-state index contributed by atoms with van der Waals surface area (Å²) in [7, 11) is 0. The molecule has 3 heteroatoms. The molecule has 0 saturated carbocycles. The van der Waals surface area contributed by atoms with Crippen molar-refractivity contribution in [2.24, 2.45) is 0 Å². The minimum Gasteiger partial charge on any atom is -0.478 e. The Balaban J connectivity index is 2.88. The van der Waals surface area contributed by atoms with Crippen LogP contribution in [0.1, 0.15) is 27.2 Å². The summed E-state index contributed by atoms with van der Waals surface area (Å²) < 4.78 is 5.42. The van der Waals surface area contributed by atoms with Gasteiger partial charge in [0, 0.05) is 5.57 Å². The second kappa shape index (κ2) is 3.27. The monoisotopic (exact) mass is 170 g/mol. The topological polar surface area (TPSA) is 46.5 Å². The molecule has 68 valence electrons. The Morgan fingerprint density at radius 2 is 2.17 bits per heavy atom. The van der Waals surface area contributed by atoms with Gasteiger partial charge in [-0.15, -0.1) is 0 Å². The zero-order chi connectivity index (χ0) is 9.30. The maximum absolute atomic E-state index is 10.6. The molecule has 12 heavy (non-hydrogen) atoms. The zero-order valence-electron chi connectivity index (χ0n) is 7.63. The largest absolute Gasteiger partial charge is 0.478 e. The summed E-state index contributed by atoms with van der Waals surface area (Å²) in [5.74, 6) is -0.838. The van der Waals surface area contributed by atoms with Crippen LogP contribution in [0, 0.1) is 0 Å². The van der Waals surface area contributed by atoms with E-state index in [1.54, 1.807) is 6.92 Å². The van der Waals surface area contributed by atoms with Gasteiger partial charge in [0.25, 0.3) is 0 Å². The molecule has 1 rings (SSSR count). The van der Waals surface area contributed by atoms with Gasteiger partial charge in [-0.1, -0.05) is 0 Å². The van der Waals surface area contributed by atoms with E-state index in [0.717, 1.165) is 12.0 Å². The quantitative estimate of drug-likeness (QED) is 0.608. The Kier molecular flexibility index (Phi) is 2.52. The van der Waals surface area contributed by atoms with Gasteiger partial charge in [-0.25, -0.2) is 4.79 Å². The van der Waals surface area contributed by atoms with Crippen LogP contribution < -0.4 is 0 Å². The molecule has 1 N–H and O–H groups in total. The lowest BCUT2D eigenvalue weighted by atomic mass is 10.0. The molecule has 1 aliphatic heterocycles. The van der Waals surface area contributed by atoms with Crippen LogP contribution in [0.5, 0.6) is 0 Å². The van der Waals surface area contributed by atoms with Gasteiger partial charge in [0.2, 0.25) is 0 Å². The van der Waals surface area contributed by atoms with Crippen molar-refractivity contribution in [1.82, 2.24) is 0 Å². The highest BCUT2D eigenvalue weighted by atomic mass is 16.5. The van der Waals surface area contributed by atoms with E-state index in [1.807, 2.05) is 13.8 Å². The highest BCUT2D eigenvalue weighted by Gasteiger charge is 2.26. The number of hydrogen-bond donors (Lipinski definition) is 1. The smallest absolute Gasteiger partial charge is 0.331 e. The molecule has 0 aromatic heterocycles. The fourth-order valence-electron chi connectivity index (χ4n) is 1.55. The Bertz CT molecular complexity index is 230. The summed E-state index contributed by atoms with van der Waals surface area (Å²) in [6, 6.07) is 0. The van der Waals surface area contributed by atoms with Crippen LogP contribution in [0.25, 0.3) is 0 Å². The molecule has 0 bridgehead atoms. The van der Waals surface area contributed by atoms with Crippen LogP contribution in [0.4, 0.5) is 0 Å². The highest BCUT2D eigenvalue weighted by Crippen LogP contribution is 2.27. The van der Waals surface area contributed by atoms with Gasteiger partial charge in [0.1, 0.15) is 0 Å². The number of carbonyl (C=O) groups is 1. The molecule has 1 saturated heterocycles. The number of aliphatic carboxylic acids is 1. The van der Waals surface area contributed by atoms with Crippen molar-refractivity contribution in [2.45, 2.75) is 39.4 Å². The SMILES string of the molecule is C/C(C(=O)O)=C1/CC(C)OC1C. The third-order valence-electron chi connectivity index (χ3n) is 2.24. The summed E-state index contributed by atoms with van der Waals surface area (Å²) in [5.41, 5.74) is 1.36. The van der Waals surface area contributed by atoms with Crippen LogP contribution in [-0.4, -0.2) is 23.3 Å². The van der Waals surface area contributed by atoms with Crippen molar-refractivity contribution in [3.8, 4) is 0 Å². The predicted octanol–water partition coefficient (Wildman–Crippen LogP) is 1.58. The van der Waals surface area contributed by atoms with Gasteiger partial charge in [-0.2, -0.15) is 0 Å². The van der Waals surface area contributed by atoms with Crippen molar-refractivity contribution in [3.05, 3.63) is 11.1 Å². The molecule has 0 amide bonds. The van der Waals surface area contributed by atoms with E-state index in [-0.39, 0.29) is 12.2 Å². The lowest BCUT2D eigenvalue weighted by Gasteiger charge is -2.05. The van der Waals surface area contributed by atoms with Crippen molar-refractivity contribution in [1.29, 1.82) is 0 Å². The first-order valence-corrected chi connectivity index (χ1v) is 4.10. The van der Waals surface area contributed by atoms with E-state index in [1.165, 1.54) is 0 Å². The molecule has 2 atom stereocenters. The molecule has 0 aromatic carbocycles. The number of hydrogen-bond acceptors (Lipinski definition) is 2. The molecule has 0 aromatic rings. The van der Waals surface area contributed by atoms with E-state index in [0.29, 0.717) is 5.57 Å². The van der Waals surface area contributed by atoms with Gasteiger partial charge in [-0.3, -0.25) is 0 Å². The summed E-state index contributed by atoms with van der Waals surface area (Å²) in [6.45, 7) is 5.49. The van der Waals surface area contributed by atoms with Crippen LogP contribution >= 0.6 is 0 Å². The van der Waals surface area contributed by atoms with Crippen LogP contribution in [0.15, 0.2) is 11.1 Å². The molecule has 0 spiro atoms. The average Bonchev–Trinajstić information content (AvgIpc) is 2.28. The Morgan fingerprint density at radius 3 is 2.50 bits per heavy atom. The normalized spacial score (nSPS) is 33.6. The fraction of sp³-hybridized carbons (Fsp3) is 0.667.